The molecule has 0 aliphatic heterocycles. The molecular weight excluding hydrogens is 204 g/mol. The first-order valence-electron chi connectivity index (χ1n) is 4.98. The van der Waals surface area contributed by atoms with Crippen molar-refractivity contribution in [3.8, 4) is 0 Å². The summed E-state index contributed by atoms with van der Waals surface area (Å²) in [5.74, 6) is -0.0612. The van der Waals surface area contributed by atoms with E-state index in [2.05, 4.69) is 0 Å². The number of imidazole rings is 1. The highest BCUT2D eigenvalue weighted by molar-refractivity contribution is 5.95. The number of aromatic nitrogens is 2. The molecule has 0 aliphatic rings. The van der Waals surface area contributed by atoms with Crippen LogP contribution in [0.3, 0.4) is 0 Å². The number of nitrogens with zero attached hydrogens (tertiary/aromatic N) is 2. The van der Waals surface area contributed by atoms with Gasteiger partial charge >= 0.3 is 5.69 Å². The number of carbonyl (C=O) groups is 1. The molecule has 0 N–H and O–H groups in total. The van der Waals surface area contributed by atoms with Crippen LogP contribution < -0.4 is 5.69 Å². The predicted molar refractivity (Wildman–Crippen MR) is 60.4 cm³/mol. The summed E-state index contributed by atoms with van der Waals surface area (Å²) in [5.41, 5.74) is 0.447. The van der Waals surface area contributed by atoms with Crippen molar-refractivity contribution in [3.05, 3.63) is 58.8 Å². The Morgan fingerprint density at radius 3 is 2.44 bits per heavy atom. The Morgan fingerprint density at radius 1 is 1.19 bits per heavy atom. The molecule has 0 saturated heterocycles. The summed E-state index contributed by atoms with van der Waals surface area (Å²) in [5, 5.41) is 0. The van der Waals surface area contributed by atoms with E-state index in [9.17, 15) is 9.59 Å². The summed E-state index contributed by atoms with van der Waals surface area (Å²) in [7, 11) is 1.66. The van der Waals surface area contributed by atoms with E-state index < -0.39 is 0 Å². The lowest BCUT2D eigenvalue weighted by Gasteiger charge is -2.00. The van der Waals surface area contributed by atoms with E-state index in [-0.39, 0.29) is 18.0 Å². The molecule has 4 heteroatoms. The summed E-state index contributed by atoms with van der Waals surface area (Å²) < 4.78 is 2.84. The van der Waals surface area contributed by atoms with Crippen LogP contribution in [0.25, 0.3) is 0 Å². The van der Waals surface area contributed by atoms with Gasteiger partial charge in [0.05, 0.1) is 6.54 Å². The molecule has 16 heavy (non-hydrogen) atoms. The van der Waals surface area contributed by atoms with Crippen molar-refractivity contribution in [1.82, 2.24) is 9.13 Å². The van der Waals surface area contributed by atoms with Gasteiger partial charge in [-0.1, -0.05) is 30.3 Å². The van der Waals surface area contributed by atoms with E-state index in [1.807, 2.05) is 6.07 Å². The molecule has 4 nitrogen and oxygen atoms in total. The molecule has 1 heterocycles. The normalized spacial score (nSPS) is 10.3. The molecule has 0 saturated carbocycles. The average molecular weight is 216 g/mol. The summed E-state index contributed by atoms with van der Waals surface area (Å²) in [6.07, 6.45) is 3.25. The number of rotatable bonds is 3. The summed E-state index contributed by atoms with van der Waals surface area (Å²) in [4.78, 5) is 23.3. The Labute approximate surface area is 92.8 Å². The van der Waals surface area contributed by atoms with E-state index in [1.54, 1.807) is 43.7 Å². The molecule has 0 bridgehead atoms. The molecule has 0 aliphatic carbocycles. The lowest BCUT2D eigenvalue weighted by Crippen LogP contribution is -2.25. The minimum absolute atomic E-state index is 0.0612. The van der Waals surface area contributed by atoms with Crippen molar-refractivity contribution in [1.29, 1.82) is 0 Å². The number of hydrogen-bond donors (Lipinski definition) is 0. The van der Waals surface area contributed by atoms with Crippen molar-refractivity contribution in [2.24, 2.45) is 7.05 Å². The van der Waals surface area contributed by atoms with Crippen LogP contribution in [0.4, 0.5) is 0 Å². The average Bonchev–Trinajstić information content (AvgIpc) is 2.62. The van der Waals surface area contributed by atoms with Gasteiger partial charge in [-0.2, -0.15) is 0 Å². The number of benzene rings is 1. The van der Waals surface area contributed by atoms with E-state index in [0.717, 1.165) is 0 Å². The van der Waals surface area contributed by atoms with Crippen molar-refractivity contribution in [2.45, 2.75) is 6.54 Å². The first-order valence-corrected chi connectivity index (χ1v) is 4.98. The molecule has 1 aromatic heterocycles. The van der Waals surface area contributed by atoms with Gasteiger partial charge in [-0.3, -0.25) is 9.36 Å². The molecule has 2 rings (SSSR count). The van der Waals surface area contributed by atoms with Crippen LogP contribution in [-0.2, 0) is 13.6 Å². The highest BCUT2D eigenvalue weighted by Gasteiger charge is 2.08. The fourth-order valence-corrected chi connectivity index (χ4v) is 1.50. The molecule has 2 aromatic rings. The quantitative estimate of drug-likeness (QED) is 0.720. The van der Waals surface area contributed by atoms with Crippen molar-refractivity contribution < 1.29 is 4.79 Å². The molecule has 0 radical (unpaired) electrons. The number of aryl methyl sites for hydroxylation is 1. The van der Waals surface area contributed by atoms with Crippen molar-refractivity contribution in [3.63, 3.8) is 0 Å². The maximum atomic E-state index is 11.8. The Kier molecular flexibility index (Phi) is 2.72. The lowest BCUT2D eigenvalue weighted by atomic mass is 10.1. The van der Waals surface area contributed by atoms with Gasteiger partial charge in [0, 0.05) is 25.0 Å². The second-order valence-corrected chi connectivity index (χ2v) is 3.61. The highest BCUT2D eigenvalue weighted by Crippen LogP contribution is 2.01. The zero-order valence-electron chi connectivity index (χ0n) is 8.96. The molecule has 0 fully saturated rings. The monoisotopic (exact) mass is 216 g/mol. The van der Waals surface area contributed by atoms with E-state index >= 15 is 0 Å². The fourth-order valence-electron chi connectivity index (χ4n) is 1.50. The number of ketones is 1. The molecule has 82 valence electrons. The third-order valence-corrected chi connectivity index (χ3v) is 2.43. The first-order chi connectivity index (χ1) is 7.68. The Bertz CT molecular complexity index is 552. The SMILES string of the molecule is Cn1ccn(CC(=O)c2ccccc2)c1=O. The van der Waals surface area contributed by atoms with Crippen LogP contribution in [0.1, 0.15) is 10.4 Å². The molecular formula is C12H12N2O2. The summed E-state index contributed by atoms with van der Waals surface area (Å²) in [6.45, 7) is 0.0870. The third kappa shape index (κ3) is 1.95. The smallest absolute Gasteiger partial charge is 0.302 e. The number of Topliss-reactive ketones (excluding diaryl/α,β-unsaturated/α-hetero) is 1. The number of hydrogen-bond acceptors (Lipinski definition) is 2. The second-order valence-electron chi connectivity index (χ2n) is 3.61. The van der Waals surface area contributed by atoms with Gasteiger partial charge in [-0.25, -0.2) is 4.79 Å². The van der Waals surface area contributed by atoms with Gasteiger partial charge < -0.3 is 4.57 Å². The van der Waals surface area contributed by atoms with E-state index in [1.165, 1.54) is 9.13 Å². The van der Waals surface area contributed by atoms with Crippen LogP contribution in [0, 0.1) is 0 Å². The van der Waals surface area contributed by atoms with Crippen molar-refractivity contribution >= 4 is 5.78 Å². The summed E-state index contributed by atoms with van der Waals surface area (Å²) >= 11 is 0. The Morgan fingerprint density at radius 2 is 1.88 bits per heavy atom. The zero-order valence-corrected chi connectivity index (χ0v) is 8.96. The minimum atomic E-state index is -0.177. The molecule has 0 spiro atoms. The standard InChI is InChI=1S/C12H12N2O2/c1-13-7-8-14(12(13)16)9-11(15)10-5-3-2-4-6-10/h2-8H,9H2,1H3. The maximum Gasteiger partial charge on any atom is 0.328 e. The van der Waals surface area contributed by atoms with Crippen LogP contribution in [0.2, 0.25) is 0 Å². The van der Waals surface area contributed by atoms with Crippen LogP contribution >= 0.6 is 0 Å². The largest absolute Gasteiger partial charge is 0.328 e. The predicted octanol–water partition coefficient (Wildman–Crippen LogP) is 1.07. The second kappa shape index (κ2) is 4.18. The van der Waals surface area contributed by atoms with E-state index in [4.69, 9.17) is 0 Å². The molecule has 0 amide bonds. The topological polar surface area (TPSA) is 44.0 Å². The van der Waals surface area contributed by atoms with Gasteiger partial charge in [0.2, 0.25) is 0 Å². The van der Waals surface area contributed by atoms with Crippen LogP contribution in [0.5, 0.6) is 0 Å². The van der Waals surface area contributed by atoms with Gasteiger partial charge in [0.15, 0.2) is 5.78 Å². The van der Waals surface area contributed by atoms with Gasteiger partial charge in [-0.05, 0) is 0 Å². The Balaban J connectivity index is 2.21. The van der Waals surface area contributed by atoms with Crippen LogP contribution in [-0.4, -0.2) is 14.9 Å². The Hall–Kier alpha value is -2.10. The maximum absolute atomic E-state index is 11.8. The van der Waals surface area contributed by atoms with Gasteiger partial charge in [0.25, 0.3) is 0 Å². The number of carbonyl (C=O) groups excluding carboxylic acids is 1. The minimum Gasteiger partial charge on any atom is -0.302 e. The van der Waals surface area contributed by atoms with Gasteiger partial charge in [-0.15, -0.1) is 0 Å². The third-order valence-electron chi connectivity index (χ3n) is 2.43. The van der Waals surface area contributed by atoms with Gasteiger partial charge in [0.1, 0.15) is 0 Å². The first kappa shape index (κ1) is 10.4. The highest BCUT2D eigenvalue weighted by atomic mass is 16.2. The van der Waals surface area contributed by atoms with Crippen molar-refractivity contribution in [2.75, 3.05) is 0 Å². The van der Waals surface area contributed by atoms with Crippen LogP contribution in [0.15, 0.2) is 47.5 Å². The summed E-state index contributed by atoms with van der Waals surface area (Å²) in [6, 6.07) is 8.96. The molecule has 0 atom stereocenters. The lowest BCUT2D eigenvalue weighted by molar-refractivity contribution is 0.0971. The zero-order chi connectivity index (χ0) is 11.5. The van der Waals surface area contributed by atoms with E-state index in [0.29, 0.717) is 5.56 Å². The fraction of sp³-hybridized carbons (Fsp3) is 0.167. The molecule has 1 aromatic carbocycles. The molecule has 0 unspecified atom stereocenters.